The van der Waals surface area contributed by atoms with E-state index in [2.05, 4.69) is 5.32 Å². The number of carbonyl (C=O) groups is 3. The van der Waals surface area contributed by atoms with Crippen molar-refractivity contribution in [1.82, 2.24) is 5.32 Å². The number of ketones is 1. The summed E-state index contributed by atoms with van der Waals surface area (Å²) in [5, 5.41) is 21.8. The molecule has 0 unspecified atom stereocenters. The number of hydrogen-bond donors (Lipinski definition) is 3. The molecule has 1 heterocycles. The molecule has 0 saturated heterocycles. The van der Waals surface area contributed by atoms with E-state index in [0.29, 0.717) is 28.3 Å². The fraction of sp³-hybridized carbons (Fsp3) is 0.286. The first-order valence-corrected chi connectivity index (χ1v) is 17.2. The monoisotopic (exact) mass is 694 g/mol. The Labute approximate surface area is 281 Å². The van der Waals surface area contributed by atoms with Crippen molar-refractivity contribution in [3.63, 3.8) is 0 Å². The Morgan fingerprint density at radius 1 is 1.00 bits per heavy atom. The minimum Gasteiger partial charge on any atom is -0.507 e. The fourth-order valence-electron chi connectivity index (χ4n) is 5.30. The van der Waals surface area contributed by atoms with Crippen LogP contribution in [-0.4, -0.2) is 76.0 Å². The van der Waals surface area contributed by atoms with Gasteiger partial charge in [-0.05, 0) is 60.2 Å². The molecule has 3 aromatic carbocycles. The smallest absolute Gasteiger partial charge is 0.376 e. The minimum atomic E-state index is -3.76. The molecule has 0 aliphatic heterocycles. The number of carbonyl (C=O) groups excluding carboxylic acids is 2. The van der Waals surface area contributed by atoms with Crippen LogP contribution in [0, 0.1) is 5.82 Å². The predicted molar refractivity (Wildman–Crippen MR) is 179 cm³/mol. The number of anilines is 1. The van der Waals surface area contributed by atoms with E-state index in [9.17, 15) is 32.3 Å². The molecule has 3 N–H and O–H groups in total. The van der Waals surface area contributed by atoms with Crippen molar-refractivity contribution in [1.29, 1.82) is 0 Å². The van der Waals surface area contributed by atoms with Gasteiger partial charge in [-0.2, -0.15) is 0 Å². The summed E-state index contributed by atoms with van der Waals surface area (Å²) in [5.74, 6) is -3.83. The molecule has 0 radical (unpaired) electrons. The minimum absolute atomic E-state index is 0.0146. The van der Waals surface area contributed by atoms with E-state index in [0.717, 1.165) is 30.2 Å². The molecule has 1 amide bonds. The first kappa shape index (κ1) is 35.3. The first-order chi connectivity index (χ1) is 23.4. The summed E-state index contributed by atoms with van der Waals surface area (Å²) >= 11 is 0. The van der Waals surface area contributed by atoms with E-state index < -0.39 is 33.4 Å². The molecule has 1 aliphatic carbocycles. The first-order valence-electron chi connectivity index (χ1n) is 15.4. The SMILES string of the molecule is CNC(=O)c1c(-c2ccc(F)cc2)oc2cc(N(CCOCCOCc3ccc(/C(O)=C/C(=O)C(=O)O)cc3)S(C)(=O)=O)c(C3CC3)cc12. The van der Waals surface area contributed by atoms with E-state index in [4.69, 9.17) is 19.0 Å². The number of furan rings is 1. The van der Waals surface area contributed by atoms with Crippen LogP contribution in [0.1, 0.15) is 45.8 Å². The van der Waals surface area contributed by atoms with E-state index >= 15 is 0 Å². The molecule has 5 rings (SSSR count). The average molecular weight is 695 g/mol. The van der Waals surface area contributed by atoms with Crippen LogP contribution < -0.4 is 9.62 Å². The zero-order valence-corrected chi connectivity index (χ0v) is 27.6. The van der Waals surface area contributed by atoms with Gasteiger partial charge in [-0.1, -0.05) is 24.3 Å². The van der Waals surface area contributed by atoms with Crippen molar-refractivity contribution in [3.05, 3.63) is 94.8 Å². The van der Waals surface area contributed by atoms with Crippen LogP contribution in [0.15, 0.2) is 71.2 Å². The number of nitrogens with zero attached hydrogens (tertiary/aromatic N) is 1. The van der Waals surface area contributed by atoms with Crippen molar-refractivity contribution in [2.75, 3.05) is 44.0 Å². The standard InChI is InChI=1S/C35H35FN2O10S/c1-37-34(41)32-27-17-26(22-7-8-22)28(18-31(27)48-33(32)24-9-11-25(36)12-10-24)38(49(2,44)45)13-14-46-15-16-47-20-21-3-5-23(6-4-21)29(39)19-30(40)35(42)43/h3-6,9-12,17-19,22,39H,7-8,13-16,20H2,1-2H3,(H,37,41)(H,42,43)/b29-19-. The van der Waals surface area contributed by atoms with Crippen LogP contribution >= 0.6 is 0 Å². The second kappa shape index (κ2) is 15.0. The number of carboxylic acids is 1. The zero-order valence-electron chi connectivity index (χ0n) is 26.8. The van der Waals surface area contributed by atoms with Crippen LogP contribution in [0.25, 0.3) is 28.1 Å². The van der Waals surface area contributed by atoms with Gasteiger partial charge in [-0.25, -0.2) is 17.6 Å². The summed E-state index contributed by atoms with van der Waals surface area (Å²) in [6.07, 6.45) is 3.48. The number of sulfonamides is 1. The Balaban J connectivity index is 1.25. The highest BCUT2D eigenvalue weighted by Crippen LogP contribution is 2.48. The highest BCUT2D eigenvalue weighted by molar-refractivity contribution is 7.92. The third kappa shape index (κ3) is 8.52. The molecular formula is C35H35FN2O10S. The molecule has 0 spiro atoms. The lowest BCUT2D eigenvalue weighted by atomic mass is 10.0. The summed E-state index contributed by atoms with van der Waals surface area (Å²) in [7, 11) is -2.26. The number of aliphatic hydroxyl groups excluding tert-OH is 1. The number of carboxylic acid groups (broad SMARTS) is 1. The number of amides is 1. The Morgan fingerprint density at radius 3 is 2.29 bits per heavy atom. The van der Waals surface area contributed by atoms with Crippen LogP contribution in [0.2, 0.25) is 0 Å². The van der Waals surface area contributed by atoms with Crippen molar-refractivity contribution >= 4 is 50.1 Å². The van der Waals surface area contributed by atoms with Gasteiger partial charge in [0.15, 0.2) is 0 Å². The highest BCUT2D eigenvalue weighted by Gasteiger charge is 2.33. The molecule has 49 heavy (non-hydrogen) atoms. The van der Waals surface area contributed by atoms with Crippen LogP contribution in [-0.2, 0) is 35.7 Å². The predicted octanol–water partition coefficient (Wildman–Crippen LogP) is 5.03. The topological polar surface area (TPSA) is 173 Å². The normalized spacial score (nSPS) is 13.4. The van der Waals surface area contributed by atoms with Crippen molar-refractivity contribution in [2.45, 2.75) is 25.4 Å². The number of fused-ring (bicyclic) bond motifs is 1. The number of benzene rings is 3. The number of aliphatic carboxylic acids is 1. The van der Waals surface area contributed by atoms with Crippen molar-refractivity contribution in [2.24, 2.45) is 0 Å². The zero-order chi connectivity index (χ0) is 35.3. The van der Waals surface area contributed by atoms with E-state index in [1.54, 1.807) is 18.2 Å². The number of halogens is 1. The van der Waals surface area contributed by atoms with Gasteiger partial charge in [-0.3, -0.25) is 13.9 Å². The summed E-state index contributed by atoms with van der Waals surface area (Å²) in [5.41, 5.74) is 3.34. The average Bonchev–Trinajstić information content (AvgIpc) is 3.85. The maximum atomic E-state index is 13.7. The summed E-state index contributed by atoms with van der Waals surface area (Å²) < 4.78 is 58.6. The Morgan fingerprint density at radius 2 is 1.67 bits per heavy atom. The van der Waals surface area contributed by atoms with Gasteiger partial charge in [0.1, 0.15) is 22.9 Å². The third-order valence-corrected chi connectivity index (χ3v) is 9.07. The maximum Gasteiger partial charge on any atom is 0.376 e. The van der Waals surface area contributed by atoms with Gasteiger partial charge in [0.25, 0.3) is 11.7 Å². The number of nitrogens with one attached hydrogen (secondary N) is 1. The highest BCUT2D eigenvalue weighted by atomic mass is 32.2. The van der Waals surface area contributed by atoms with E-state index in [1.165, 1.54) is 47.8 Å². The molecule has 1 fully saturated rings. The van der Waals surface area contributed by atoms with Gasteiger partial charge < -0.3 is 29.4 Å². The lowest BCUT2D eigenvalue weighted by Crippen LogP contribution is -2.34. The van der Waals surface area contributed by atoms with E-state index in [-0.39, 0.29) is 61.7 Å². The van der Waals surface area contributed by atoms with Crippen LogP contribution in [0.5, 0.6) is 0 Å². The second-order valence-electron chi connectivity index (χ2n) is 11.5. The molecule has 0 atom stereocenters. The molecular weight excluding hydrogens is 659 g/mol. The van der Waals surface area contributed by atoms with E-state index in [1.807, 2.05) is 6.07 Å². The lowest BCUT2D eigenvalue weighted by molar-refractivity contribution is -0.146. The second-order valence-corrected chi connectivity index (χ2v) is 13.4. The quantitative estimate of drug-likeness (QED) is 0.0625. The Bertz CT molecular complexity index is 2000. The molecule has 258 valence electrons. The molecule has 12 nitrogen and oxygen atoms in total. The van der Waals surface area contributed by atoms with Crippen molar-refractivity contribution < 1.29 is 51.3 Å². The fourth-order valence-corrected chi connectivity index (χ4v) is 6.23. The molecule has 0 bridgehead atoms. The third-order valence-electron chi connectivity index (χ3n) is 7.89. The number of aliphatic hydroxyl groups is 1. The number of ether oxygens (including phenoxy) is 2. The molecule has 1 aliphatic rings. The van der Waals surface area contributed by atoms with Gasteiger partial charge in [0.05, 0.1) is 50.5 Å². The van der Waals surface area contributed by atoms with Gasteiger partial charge >= 0.3 is 5.97 Å². The lowest BCUT2D eigenvalue weighted by Gasteiger charge is -2.25. The molecule has 1 aromatic heterocycles. The Kier molecular flexibility index (Phi) is 10.8. The van der Waals surface area contributed by atoms with Crippen LogP contribution in [0.4, 0.5) is 10.1 Å². The maximum absolute atomic E-state index is 13.7. The van der Waals surface area contributed by atoms with Gasteiger partial charge in [0, 0.05) is 35.7 Å². The summed E-state index contributed by atoms with van der Waals surface area (Å²) in [4.78, 5) is 35.0. The van der Waals surface area contributed by atoms with Crippen molar-refractivity contribution in [3.8, 4) is 11.3 Å². The van der Waals surface area contributed by atoms with Gasteiger partial charge in [-0.15, -0.1) is 0 Å². The molecule has 14 heteroatoms. The summed E-state index contributed by atoms with van der Waals surface area (Å²) in [6.45, 7) is 0.680. The Hall–Kier alpha value is -5.05. The largest absolute Gasteiger partial charge is 0.507 e. The van der Waals surface area contributed by atoms with Gasteiger partial charge in [0.2, 0.25) is 10.0 Å². The summed E-state index contributed by atoms with van der Waals surface area (Å²) in [6, 6.07) is 15.4. The van der Waals surface area contributed by atoms with Crippen LogP contribution in [0.3, 0.4) is 0 Å². The molecule has 1 saturated carbocycles. The molecule has 4 aromatic rings. The number of hydrogen-bond acceptors (Lipinski definition) is 9. The number of rotatable bonds is 16.